The Morgan fingerprint density at radius 1 is 1.30 bits per heavy atom. The lowest BCUT2D eigenvalue weighted by Crippen LogP contribution is -2.33. The number of halogens is 3. The lowest BCUT2D eigenvalue weighted by Gasteiger charge is -2.23. The Hall–Kier alpha value is -1.56. The maximum Gasteiger partial charge on any atom is 0.405 e. The number of alkyl halides is 3. The predicted molar refractivity (Wildman–Crippen MR) is 69.7 cm³/mol. The summed E-state index contributed by atoms with van der Waals surface area (Å²) in [6.07, 6.45) is -2.19. The van der Waals surface area contributed by atoms with E-state index in [4.69, 9.17) is 0 Å². The minimum Gasteiger partial charge on any atom is -0.343 e. The van der Waals surface area contributed by atoms with Crippen LogP contribution >= 0.6 is 0 Å². The highest BCUT2D eigenvalue weighted by molar-refractivity contribution is 5.94. The van der Waals surface area contributed by atoms with E-state index in [9.17, 15) is 18.0 Å². The first-order valence-corrected chi connectivity index (χ1v) is 6.61. The van der Waals surface area contributed by atoms with E-state index in [-0.39, 0.29) is 5.56 Å². The van der Waals surface area contributed by atoms with E-state index in [0.29, 0.717) is 5.92 Å². The van der Waals surface area contributed by atoms with E-state index >= 15 is 0 Å². The third-order valence-electron chi connectivity index (χ3n) is 3.39. The molecule has 1 fully saturated rings. The Bertz CT molecular complexity index is 450. The zero-order chi connectivity index (χ0) is 14.6. The van der Waals surface area contributed by atoms with Crippen LogP contribution in [0.2, 0.25) is 0 Å². The minimum absolute atomic E-state index is 0.252. The first-order valence-electron chi connectivity index (χ1n) is 6.61. The number of benzene rings is 1. The summed E-state index contributed by atoms with van der Waals surface area (Å²) in [5.74, 6) is -0.285. The SMILES string of the molecule is O=C(NCC(F)(F)F)c1ccc([C@@H]2CCCNC2)cc1. The van der Waals surface area contributed by atoms with E-state index < -0.39 is 18.6 Å². The summed E-state index contributed by atoms with van der Waals surface area (Å²) < 4.78 is 36.1. The van der Waals surface area contributed by atoms with E-state index in [1.807, 2.05) is 17.4 Å². The fourth-order valence-corrected chi connectivity index (χ4v) is 2.33. The molecule has 1 saturated heterocycles. The van der Waals surface area contributed by atoms with Crippen LogP contribution in [-0.4, -0.2) is 31.7 Å². The molecule has 110 valence electrons. The molecule has 0 aromatic heterocycles. The fraction of sp³-hybridized carbons (Fsp3) is 0.500. The molecule has 1 aromatic carbocycles. The van der Waals surface area contributed by atoms with Crippen molar-refractivity contribution in [3.63, 3.8) is 0 Å². The summed E-state index contributed by atoms with van der Waals surface area (Å²) in [6, 6.07) is 6.80. The molecule has 0 spiro atoms. The number of hydrogen-bond acceptors (Lipinski definition) is 2. The van der Waals surface area contributed by atoms with Crippen molar-refractivity contribution in [2.45, 2.75) is 24.9 Å². The summed E-state index contributed by atoms with van der Waals surface area (Å²) in [5, 5.41) is 5.16. The molecule has 0 radical (unpaired) electrons. The van der Waals surface area contributed by atoms with Crippen LogP contribution in [0.15, 0.2) is 24.3 Å². The third kappa shape index (κ3) is 4.23. The van der Waals surface area contributed by atoms with Crippen molar-refractivity contribution in [3.8, 4) is 0 Å². The highest BCUT2D eigenvalue weighted by Gasteiger charge is 2.27. The van der Waals surface area contributed by atoms with Gasteiger partial charge in [-0.15, -0.1) is 0 Å². The molecular formula is C14H17F3N2O. The second-order valence-corrected chi connectivity index (χ2v) is 4.96. The van der Waals surface area contributed by atoms with Crippen molar-refractivity contribution in [2.24, 2.45) is 0 Å². The first kappa shape index (κ1) is 14.8. The Morgan fingerprint density at radius 2 is 2.00 bits per heavy atom. The Balaban J connectivity index is 1.95. The molecule has 1 heterocycles. The molecule has 0 aliphatic carbocycles. The Morgan fingerprint density at radius 3 is 2.55 bits per heavy atom. The number of rotatable bonds is 3. The van der Waals surface area contributed by atoms with Gasteiger partial charge in [0.1, 0.15) is 6.54 Å². The van der Waals surface area contributed by atoms with E-state index in [0.717, 1.165) is 31.5 Å². The van der Waals surface area contributed by atoms with Gasteiger partial charge in [0.05, 0.1) is 0 Å². The molecule has 6 heteroatoms. The summed E-state index contributed by atoms with van der Waals surface area (Å²) in [4.78, 5) is 11.6. The molecule has 0 saturated carbocycles. The zero-order valence-corrected chi connectivity index (χ0v) is 11.0. The van der Waals surface area contributed by atoms with Gasteiger partial charge in [-0.25, -0.2) is 0 Å². The molecule has 1 aliphatic rings. The van der Waals surface area contributed by atoms with Crippen LogP contribution in [0.4, 0.5) is 13.2 Å². The van der Waals surface area contributed by atoms with Crippen molar-refractivity contribution < 1.29 is 18.0 Å². The van der Waals surface area contributed by atoms with Gasteiger partial charge < -0.3 is 10.6 Å². The maximum absolute atomic E-state index is 12.0. The monoisotopic (exact) mass is 286 g/mol. The largest absolute Gasteiger partial charge is 0.405 e. The van der Waals surface area contributed by atoms with Crippen molar-refractivity contribution >= 4 is 5.91 Å². The molecule has 0 bridgehead atoms. The van der Waals surface area contributed by atoms with Crippen LogP contribution in [0.1, 0.15) is 34.7 Å². The predicted octanol–water partition coefficient (Wildman–Crippen LogP) is 2.45. The third-order valence-corrected chi connectivity index (χ3v) is 3.39. The van der Waals surface area contributed by atoms with Gasteiger partial charge in [0, 0.05) is 12.1 Å². The van der Waals surface area contributed by atoms with E-state index in [2.05, 4.69) is 5.32 Å². The summed E-state index contributed by atoms with van der Waals surface area (Å²) in [7, 11) is 0. The van der Waals surface area contributed by atoms with Crippen LogP contribution in [0, 0.1) is 0 Å². The van der Waals surface area contributed by atoms with Gasteiger partial charge in [0.15, 0.2) is 0 Å². The molecule has 1 aromatic rings. The number of nitrogens with one attached hydrogen (secondary N) is 2. The lowest BCUT2D eigenvalue weighted by molar-refractivity contribution is -0.123. The standard InChI is InChI=1S/C14H17F3N2O/c15-14(16,17)9-19-13(20)11-5-3-10(4-6-11)12-2-1-7-18-8-12/h3-6,12,18H,1-2,7-9H2,(H,19,20)/t12-/m1/s1. The van der Waals surface area contributed by atoms with Crippen LogP contribution in [0.5, 0.6) is 0 Å². The number of amides is 1. The summed E-state index contributed by atoms with van der Waals surface area (Å²) in [5.41, 5.74) is 1.37. The second kappa shape index (κ2) is 6.26. The second-order valence-electron chi connectivity index (χ2n) is 4.96. The van der Waals surface area contributed by atoms with Gasteiger partial charge in [-0.3, -0.25) is 4.79 Å². The lowest BCUT2D eigenvalue weighted by atomic mass is 9.91. The number of hydrogen-bond donors (Lipinski definition) is 2. The highest BCUT2D eigenvalue weighted by atomic mass is 19.4. The Labute approximate surface area is 115 Å². The summed E-state index contributed by atoms with van der Waals surface area (Å²) >= 11 is 0. The first-order chi connectivity index (χ1) is 9.46. The highest BCUT2D eigenvalue weighted by Crippen LogP contribution is 2.23. The minimum atomic E-state index is -4.39. The van der Waals surface area contributed by atoms with Crippen LogP contribution in [0.25, 0.3) is 0 Å². The average molecular weight is 286 g/mol. The van der Waals surface area contributed by atoms with Gasteiger partial charge in [-0.1, -0.05) is 12.1 Å². The molecule has 3 nitrogen and oxygen atoms in total. The topological polar surface area (TPSA) is 41.1 Å². The number of carbonyl (C=O) groups excluding carboxylic acids is 1. The fourth-order valence-electron chi connectivity index (χ4n) is 2.33. The Kier molecular flexibility index (Phi) is 4.65. The van der Waals surface area contributed by atoms with Crippen molar-refractivity contribution in [3.05, 3.63) is 35.4 Å². The van der Waals surface area contributed by atoms with Gasteiger partial charge in [-0.2, -0.15) is 13.2 Å². The van der Waals surface area contributed by atoms with Crippen molar-refractivity contribution in [2.75, 3.05) is 19.6 Å². The quantitative estimate of drug-likeness (QED) is 0.896. The van der Waals surface area contributed by atoms with Crippen molar-refractivity contribution in [1.29, 1.82) is 0 Å². The number of carbonyl (C=O) groups is 1. The van der Waals surface area contributed by atoms with Crippen LogP contribution < -0.4 is 10.6 Å². The van der Waals surface area contributed by atoms with Gasteiger partial charge in [0.25, 0.3) is 5.91 Å². The van der Waals surface area contributed by atoms with Gasteiger partial charge in [-0.05, 0) is 43.0 Å². The molecule has 2 N–H and O–H groups in total. The molecule has 2 rings (SSSR count). The molecule has 1 atom stereocenters. The molecule has 1 aliphatic heterocycles. The van der Waals surface area contributed by atoms with Gasteiger partial charge >= 0.3 is 6.18 Å². The van der Waals surface area contributed by atoms with E-state index in [1.54, 1.807) is 12.1 Å². The van der Waals surface area contributed by atoms with Gasteiger partial charge in [0.2, 0.25) is 0 Å². The van der Waals surface area contributed by atoms with E-state index in [1.165, 1.54) is 0 Å². The maximum atomic E-state index is 12.0. The molecule has 1 amide bonds. The van der Waals surface area contributed by atoms with Crippen molar-refractivity contribution in [1.82, 2.24) is 10.6 Å². The van der Waals surface area contributed by atoms with Crippen LogP contribution in [-0.2, 0) is 0 Å². The zero-order valence-electron chi connectivity index (χ0n) is 11.0. The number of piperidine rings is 1. The molecule has 0 unspecified atom stereocenters. The molecular weight excluding hydrogens is 269 g/mol. The smallest absolute Gasteiger partial charge is 0.343 e. The average Bonchev–Trinajstić information content (AvgIpc) is 2.45. The van der Waals surface area contributed by atoms with Crippen LogP contribution in [0.3, 0.4) is 0 Å². The summed E-state index contributed by atoms with van der Waals surface area (Å²) in [6.45, 7) is 0.619. The molecule has 20 heavy (non-hydrogen) atoms. The normalized spacial score (nSPS) is 19.6.